The molecule has 0 spiro atoms. The van der Waals surface area contributed by atoms with Gasteiger partial charge in [-0.25, -0.2) is 0 Å². The summed E-state index contributed by atoms with van der Waals surface area (Å²) in [5, 5.41) is 0. The fourth-order valence-electron chi connectivity index (χ4n) is 2.40. The largest absolute Gasteiger partial charge is 0.547 e. The van der Waals surface area contributed by atoms with E-state index >= 15 is 0 Å². The zero-order chi connectivity index (χ0) is 17.3. The second kappa shape index (κ2) is 11.0. The van der Waals surface area contributed by atoms with Gasteiger partial charge >= 0.3 is 6.33 Å². The molecular weight excluding hydrogens is 290 g/mol. The summed E-state index contributed by atoms with van der Waals surface area (Å²) in [7, 11) is 0. The van der Waals surface area contributed by atoms with E-state index in [1.54, 1.807) is 0 Å². The molecule has 0 aliphatic heterocycles. The third-order valence-corrected chi connectivity index (χ3v) is 4.32. The Hall–Kier alpha value is -0.625. The Labute approximate surface area is 143 Å². The molecule has 0 bridgehead atoms. The van der Waals surface area contributed by atoms with Crippen molar-refractivity contribution < 1.29 is 4.65 Å². The lowest BCUT2D eigenvalue weighted by atomic mass is 9.82. The van der Waals surface area contributed by atoms with Gasteiger partial charge in [-0.05, 0) is 43.0 Å². The van der Waals surface area contributed by atoms with Gasteiger partial charge in [-0.3, -0.25) is 0 Å². The summed E-state index contributed by atoms with van der Waals surface area (Å²) in [5.41, 5.74) is 2.35. The van der Waals surface area contributed by atoms with Crippen molar-refractivity contribution in [2.45, 2.75) is 67.2 Å². The number of hydrogen-bond acceptors (Lipinski definition) is 1. The molecule has 1 nitrogen and oxygen atoms in total. The molecular formula is C19H34BClO. The van der Waals surface area contributed by atoms with Gasteiger partial charge < -0.3 is 4.65 Å². The molecule has 0 aromatic heterocycles. The summed E-state index contributed by atoms with van der Waals surface area (Å²) in [5.74, 6) is 2.33. The van der Waals surface area contributed by atoms with Gasteiger partial charge in [-0.2, -0.15) is 0 Å². The predicted molar refractivity (Wildman–Crippen MR) is 102 cm³/mol. The van der Waals surface area contributed by atoms with E-state index in [-0.39, 0.29) is 0 Å². The highest BCUT2D eigenvalue weighted by atomic mass is 35.5. The third-order valence-electron chi connectivity index (χ3n) is 3.89. The van der Waals surface area contributed by atoms with Crippen LogP contribution in [-0.4, -0.2) is 6.33 Å². The van der Waals surface area contributed by atoms with Crippen molar-refractivity contribution in [2.24, 2.45) is 17.8 Å². The number of rotatable bonds is 11. The van der Waals surface area contributed by atoms with Crippen LogP contribution in [0.1, 0.15) is 67.2 Å². The van der Waals surface area contributed by atoms with Crippen LogP contribution in [-0.2, 0) is 4.65 Å². The summed E-state index contributed by atoms with van der Waals surface area (Å²) >= 11 is 6.34. The van der Waals surface area contributed by atoms with Crippen molar-refractivity contribution in [3.63, 3.8) is 0 Å². The summed E-state index contributed by atoms with van der Waals surface area (Å²) in [4.78, 5) is 0. The Morgan fingerprint density at radius 3 is 2.27 bits per heavy atom. The van der Waals surface area contributed by atoms with Gasteiger partial charge in [0.1, 0.15) is 0 Å². The lowest BCUT2D eigenvalue weighted by Gasteiger charge is -2.25. The maximum Gasteiger partial charge on any atom is 0.495 e. The van der Waals surface area contributed by atoms with Crippen molar-refractivity contribution in [3.05, 3.63) is 36.0 Å². The molecule has 0 fully saturated rings. The summed E-state index contributed by atoms with van der Waals surface area (Å²) in [6, 6.07) is 0. The number of allylic oxidation sites excluding steroid dienone is 4. The van der Waals surface area contributed by atoms with Crippen LogP contribution in [0.25, 0.3) is 0 Å². The molecule has 0 amide bonds. The van der Waals surface area contributed by atoms with E-state index in [9.17, 15) is 0 Å². The zero-order valence-electron chi connectivity index (χ0n) is 15.4. The summed E-state index contributed by atoms with van der Waals surface area (Å²) in [6.45, 7) is 21.3. The highest BCUT2D eigenvalue weighted by Gasteiger charge is 2.22. The first kappa shape index (κ1) is 21.4. The Morgan fingerprint density at radius 2 is 1.82 bits per heavy atom. The Bertz CT molecular complexity index is 385. The molecule has 1 atom stereocenters. The monoisotopic (exact) mass is 324 g/mol. The lowest BCUT2D eigenvalue weighted by molar-refractivity contribution is 0.350. The van der Waals surface area contributed by atoms with E-state index in [4.69, 9.17) is 16.1 Å². The van der Waals surface area contributed by atoms with E-state index in [1.807, 2.05) is 6.92 Å². The Morgan fingerprint density at radius 1 is 1.23 bits per heavy atom. The maximum absolute atomic E-state index is 6.34. The van der Waals surface area contributed by atoms with Crippen molar-refractivity contribution in [1.29, 1.82) is 0 Å². The summed E-state index contributed by atoms with van der Waals surface area (Å²) in [6.07, 6.45) is 5.76. The molecule has 0 saturated carbocycles. The van der Waals surface area contributed by atoms with E-state index in [0.717, 1.165) is 36.9 Å². The molecule has 1 unspecified atom stereocenters. The average Bonchev–Trinajstić information content (AvgIpc) is 2.41. The van der Waals surface area contributed by atoms with E-state index in [0.29, 0.717) is 17.8 Å². The van der Waals surface area contributed by atoms with Gasteiger partial charge in [0.25, 0.3) is 0 Å². The van der Waals surface area contributed by atoms with Crippen LogP contribution in [0.5, 0.6) is 0 Å². The molecule has 0 saturated heterocycles. The van der Waals surface area contributed by atoms with Gasteiger partial charge in [0.2, 0.25) is 0 Å². The molecule has 0 aliphatic carbocycles. The molecule has 126 valence electrons. The molecule has 0 rings (SSSR count). The minimum Gasteiger partial charge on any atom is -0.547 e. The first-order valence-corrected chi connectivity index (χ1v) is 8.95. The van der Waals surface area contributed by atoms with Crippen molar-refractivity contribution >= 4 is 17.8 Å². The van der Waals surface area contributed by atoms with Gasteiger partial charge in [-0.15, -0.1) is 11.5 Å². The second-order valence-electron chi connectivity index (χ2n) is 7.01. The van der Waals surface area contributed by atoms with E-state index < -0.39 is 6.33 Å². The van der Waals surface area contributed by atoms with Crippen LogP contribution in [0, 0.1) is 17.8 Å². The van der Waals surface area contributed by atoms with Crippen molar-refractivity contribution in [1.82, 2.24) is 0 Å². The van der Waals surface area contributed by atoms with E-state index in [2.05, 4.69) is 53.9 Å². The summed E-state index contributed by atoms with van der Waals surface area (Å²) < 4.78 is 5.81. The van der Waals surface area contributed by atoms with Crippen LogP contribution in [0.4, 0.5) is 0 Å². The second-order valence-corrected chi connectivity index (χ2v) is 7.41. The number of halogens is 1. The smallest absolute Gasteiger partial charge is 0.495 e. The van der Waals surface area contributed by atoms with Gasteiger partial charge in [0.05, 0.1) is 5.76 Å². The van der Waals surface area contributed by atoms with Gasteiger partial charge in [-0.1, -0.05) is 65.8 Å². The number of hydrogen-bond donors (Lipinski definition) is 0. The molecule has 0 radical (unpaired) electrons. The first-order valence-electron chi connectivity index (χ1n) is 8.51. The first-order chi connectivity index (χ1) is 10.2. The molecule has 3 heteroatoms. The van der Waals surface area contributed by atoms with Crippen LogP contribution < -0.4 is 0 Å². The molecule has 0 heterocycles. The third kappa shape index (κ3) is 8.73. The minimum atomic E-state index is -0.418. The highest BCUT2D eigenvalue weighted by Crippen LogP contribution is 2.30. The Kier molecular flexibility index (Phi) is 10.7. The molecule has 0 aromatic carbocycles. The molecule has 0 aliphatic rings. The minimum absolute atomic E-state index is 0.413. The van der Waals surface area contributed by atoms with Crippen LogP contribution in [0.2, 0.25) is 0 Å². The topological polar surface area (TPSA) is 9.23 Å². The fourth-order valence-corrected chi connectivity index (χ4v) is 2.62. The van der Waals surface area contributed by atoms with Crippen LogP contribution >= 0.6 is 11.5 Å². The van der Waals surface area contributed by atoms with Gasteiger partial charge in [0.15, 0.2) is 0 Å². The maximum atomic E-state index is 6.34. The fraction of sp³-hybridized carbons (Fsp3) is 0.684. The molecule has 0 N–H and O–H groups in total. The van der Waals surface area contributed by atoms with E-state index in [1.165, 1.54) is 5.57 Å². The molecule has 22 heavy (non-hydrogen) atoms. The Balaban J connectivity index is 4.57. The van der Waals surface area contributed by atoms with Crippen LogP contribution in [0.15, 0.2) is 36.0 Å². The van der Waals surface area contributed by atoms with Crippen molar-refractivity contribution in [3.8, 4) is 0 Å². The average molecular weight is 325 g/mol. The van der Waals surface area contributed by atoms with Gasteiger partial charge in [0, 0.05) is 6.42 Å². The normalized spacial score (nSPS) is 13.4. The SMILES string of the molecule is C=C(CC(C(=C)CCC)C(C)C)OB(Cl)/C(C)=C/CC(C)C. The zero-order valence-corrected chi connectivity index (χ0v) is 16.2. The lowest BCUT2D eigenvalue weighted by Crippen LogP contribution is -2.17. The van der Waals surface area contributed by atoms with Crippen LogP contribution in [0.3, 0.4) is 0 Å². The predicted octanol–water partition coefficient (Wildman–Crippen LogP) is 6.79. The highest BCUT2D eigenvalue weighted by molar-refractivity contribution is 7.07. The quantitative estimate of drug-likeness (QED) is 0.231. The molecule has 0 aromatic rings. The van der Waals surface area contributed by atoms with Crippen molar-refractivity contribution in [2.75, 3.05) is 0 Å². The standard InChI is InChI=1S/C19H34BClO/c1-9-10-16(6)19(15(4)5)13-18(8)22-20(21)17(7)12-11-14(2)3/h12,14-15,19H,6,8-11,13H2,1-5,7H3/b17-12+.